The van der Waals surface area contributed by atoms with E-state index in [1.54, 1.807) is 0 Å². The van der Waals surface area contributed by atoms with E-state index in [-0.39, 0.29) is 0 Å². The van der Waals surface area contributed by atoms with E-state index >= 15 is 0 Å². The number of aryl methyl sites for hydroxylation is 1. The van der Waals surface area contributed by atoms with Gasteiger partial charge in [0, 0.05) is 25.9 Å². The molecule has 86 valence electrons. The normalized spacial score (nSPS) is 10.8. The van der Waals surface area contributed by atoms with Crippen molar-refractivity contribution in [3.8, 4) is 0 Å². The lowest BCUT2D eigenvalue weighted by atomic mass is 10.2. The van der Waals surface area contributed by atoms with Crippen LogP contribution in [-0.4, -0.2) is 28.0 Å². The van der Waals surface area contributed by atoms with Crippen LogP contribution < -0.4 is 5.32 Å². The third kappa shape index (κ3) is 4.44. The molecular formula is C11H21N3O. The number of hydrogen-bond donors (Lipinski definition) is 2. The van der Waals surface area contributed by atoms with Crippen molar-refractivity contribution in [1.82, 2.24) is 15.1 Å². The molecule has 0 saturated carbocycles. The number of unbranched alkanes of at least 4 members (excludes halogenated alkanes) is 2. The quantitative estimate of drug-likeness (QED) is 0.634. The first-order valence-corrected chi connectivity index (χ1v) is 5.70. The van der Waals surface area contributed by atoms with Crippen LogP contribution in [0.15, 0.2) is 12.3 Å². The molecule has 0 aromatic carbocycles. The average molecular weight is 211 g/mol. The number of nitrogens with zero attached hydrogens (tertiary/aromatic N) is 2. The molecule has 0 spiro atoms. The van der Waals surface area contributed by atoms with E-state index < -0.39 is 0 Å². The summed E-state index contributed by atoms with van der Waals surface area (Å²) in [4.78, 5) is 0. The lowest BCUT2D eigenvalue weighted by Crippen LogP contribution is -2.17. The molecule has 0 amide bonds. The predicted octanol–water partition coefficient (Wildman–Crippen LogP) is 1.16. The van der Waals surface area contributed by atoms with Crippen molar-refractivity contribution < 1.29 is 5.11 Å². The average Bonchev–Trinajstić information content (AvgIpc) is 2.70. The van der Waals surface area contributed by atoms with Crippen molar-refractivity contribution in [2.45, 2.75) is 39.3 Å². The van der Waals surface area contributed by atoms with Crippen LogP contribution in [0.25, 0.3) is 0 Å². The Bertz CT molecular complexity index is 260. The number of aliphatic hydroxyl groups excluding tert-OH is 1. The van der Waals surface area contributed by atoms with Crippen LogP contribution in [-0.2, 0) is 13.1 Å². The first-order valence-electron chi connectivity index (χ1n) is 5.70. The summed E-state index contributed by atoms with van der Waals surface area (Å²) < 4.78 is 2.00. The van der Waals surface area contributed by atoms with Crippen LogP contribution >= 0.6 is 0 Å². The minimum Gasteiger partial charge on any atom is -0.396 e. The largest absolute Gasteiger partial charge is 0.396 e. The molecule has 0 aliphatic heterocycles. The van der Waals surface area contributed by atoms with E-state index in [4.69, 9.17) is 5.11 Å². The number of hydrogen-bond acceptors (Lipinski definition) is 3. The van der Waals surface area contributed by atoms with Crippen LogP contribution in [0, 0.1) is 0 Å². The van der Waals surface area contributed by atoms with Gasteiger partial charge in [-0.25, -0.2) is 0 Å². The zero-order valence-electron chi connectivity index (χ0n) is 9.45. The summed E-state index contributed by atoms with van der Waals surface area (Å²) in [6, 6.07) is 2.05. The van der Waals surface area contributed by atoms with E-state index in [0.29, 0.717) is 6.61 Å². The van der Waals surface area contributed by atoms with Gasteiger partial charge in [-0.15, -0.1) is 0 Å². The Morgan fingerprint density at radius 2 is 2.27 bits per heavy atom. The zero-order valence-corrected chi connectivity index (χ0v) is 9.45. The van der Waals surface area contributed by atoms with E-state index in [1.807, 2.05) is 16.9 Å². The molecule has 0 aliphatic rings. The van der Waals surface area contributed by atoms with Crippen molar-refractivity contribution in [3.05, 3.63) is 18.0 Å². The third-order valence-electron chi connectivity index (χ3n) is 2.42. The monoisotopic (exact) mass is 211 g/mol. The maximum Gasteiger partial charge on any atom is 0.0521 e. The highest BCUT2D eigenvalue weighted by Crippen LogP contribution is 1.98. The summed E-state index contributed by atoms with van der Waals surface area (Å²) in [6.45, 7) is 5.22. The van der Waals surface area contributed by atoms with Gasteiger partial charge in [-0.05, 0) is 38.8 Å². The van der Waals surface area contributed by atoms with Gasteiger partial charge in [0.05, 0.1) is 5.69 Å². The highest BCUT2D eigenvalue weighted by atomic mass is 16.2. The molecule has 2 N–H and O–H groups in total. The molecule has 0 bridgehead atoms. The van der Waals surface area contributed by atoms with E-state index in [0.717, 1.165) is 38.9 Å². The Morgan fingerprint density at radius 3 is 3.00 bits per heavy atom. The van der Waals surface area contributed by atoms with Gasteiger partial charge in [-0.3, -0.25) is 4.68 Å². The fourth-order valence-corrected chi connectivity index (χ4v) is 1.55. The molecule has 4 nitrogen and oxygen atoms in total. The van der Waals surface area contributed by atoms with Crippen LogP contribution in [0.4, 0.5) is 0 Å². The lowest BCUT2D eigenvalue weighted by Gasteiger charge is -2.06. The Balaban J connectivity index is 2.09. The topological polar surface area (TPSA) is 50.1 Å². The Kier molecular flexibility index (Phi) is 6.04. The van der Waals surface area contributed by atoms with Crippen LogP contribution in [0.3, 0.4) is 0 Å². The summed E-state index contributed by atoms with van der Waals surface area (Å²) in [6.07, 6.45) is 4.97. The van der Waals surface area contributed by atoms with Gasteiger partial charge in [0.2, 0.25) is 0 Å². The highest BCUT2D eigenvalue weighted by Gasteiger charge is 1.98. The van der Waals surface area contributed by atoms with Gasteiger partial charge in [0.25, 0.3) is 0 Å². The second-order valence-corrected chi connectivity index (χ2v) is 3.60. The Morgan fingerprint density at radius 1 is 1.40 bits per heavy atom. The van der Waals surface area contributed by atoms with Gasteiger partial charge in [-0.2, -0.15) is 5.10 Å². The number of aromatic nitrogens is 2. The Labute approximate surface area is 91.3 Å². The third-order valence-corrected chi connectivity index (χ3v) is 2.42. The Hall–Kier alpha value is -0.870. The molecule has 4 heteroatoms. The summed E-state index contributed by atoms with van der Waals surface area (Å²) in [5, 5.41) is 16.2. The number of aliphatic hydroxyl groups is 1. The van der Waals surface area contributed by atoms with Gasteiger partial charge >= 0.3 is 0 Å². The molecule has 1 aromatic rings. The van der Waals surface area contributed by atoms with Crippen molar-refractivity contribution in [3.63, 3.8) is 0 Å². The van der Waals surface area contributed by atoms with Gasteiger partial charge in [0.1, 0.15) is 0 Å². The number of nitrogens with one attached hydrogen (secondary N) is 1. The molecule has 0 fully saturated rings. The summed E-state index contributed by atoms with van der Waals surface area (Å²) in [7, 11) is 0. The molecule has 1 aromatic heterocycles. The maximum absolute atomic E-state index is 8.61. The van der Waals surface area contributed by atoms with Crippen molar-refractivity contribution in [2.75, 3.05) is 13.2 Å². The first kappa shape index (κ1) is 12.2. The minimum absolute atomic E-state index is 0.308. The molecule has 0 aliphatic carbocycles. The number of rotatable bonds is 8. The summed E-state index contributed by atoms with van der Waals surface area (Å²) >= 11 is 0. The van der Waals surface area contributed by atoms with Crippen LogP contribution in [0.5, 0.6) is 0 Å². The second kappa shape index (κ2) is 7.43. The maximum atomic E-state index is 8.61. The van der Waals surface area contributed by atoms with E-state index in [9.17, 15) is 0 Å². The van der Waals surface area contributed by atoms with E-state index in [1.165, 1.54) is 5.69 Å². The second-order valence-electron chi connectivity index (χ2n) is 3.60. The minimum atomic E-state index is 0.308. The predicted molar refractivity (Wildman–Crippen MR) is 60.5 cm³/mol. The molecule has 15 heavy (non-hydrogen) atoms. The zero-order chi connectivity index (χ0) is 10.9. The highest BCUT2D eigenvalue weighted by molar-refractivity contribution is 4.99. The van der Waals surface area contributed by atoms with Gasteiger partial charge < -0.3 is 10.4 Å². The fourth-order valence-electron chi connectivity index (χ4n) is 1.55. The fraction of sp³-hybridized carbons (Fsp3) is 0.727. The molecule has 1 rings (SSSR count). The van der Waals surface area contributed by atoms with Crippen LogP contribution in [0.1, 0.15) is 31.9 Å². The molecule has 0 atom stereocenters. The van der Waals surface area contributed by atoms with Crippen molar-refractivity contribution in [1.29, 1.82) is 0 Å². The SMILES string of the molecule is CCn1nccc1CNCCCCCO. The molecule has 1 heterocycles. The molecule has 0 saturated heterocycles. The molecule has 0 radical (unpaired) electrons. The van der Waals surface area contributed by atoms with Crippen molar-refractivity contribution in [2.24, 2.45) is 0 Å². The molecule has 0 unspecified atom stereocenters. The van der Waals surface area contributed by atoms with Crippen molar-refractivity contribution >= 4 is 0 Å². The standard InChI is InChI=1S/C11H21N3O/c1-2-14-11(6-8-13-14)10-12-7-4-3-5-9-15/h6,8,12,15H,2-5,7,9-10H2,1H3. The van der Waals surface area contributed by atoms with Crippen LogP contribution in [0.2, 0.25) is 0 Å². The summed E-state index contributed by atoms with van der Waals surface area (Å²) in [5.41, 5.74) is 1.24. The van der Waals surface area contributed by atoms with Gasteiger partial charge in [0.15, 0.2) is 0 Å². The first-order chi connectivity index (χ1) is 7.38. The lowest BCUT2D eigenvalue weighted by molar-refractivity contribution is 0.283. The smallest absolute Gasteiger partial charge is 0.0521 e. The summed E-state index contributed by atoms with van der Waals surface area (Å²) in [5.74, 6) is 0. The molecular weight excluding hydrogens is 190 g/mol. The van der Waals surface area contributed by atoms with E-state index in [2.05, 4.69) is 17.3 Å². The van der Waals surface area contributed by atoms with Gasteiger partial charge in [-0.1, -0.05) is 0 Å².